The molecule has 3 aliphatic rings. The molecular weight excluding hydrogens is 426 g/mol. The van der Waals surface area contributed by atoms with Crippen molar-refractivity contribution >= 4 is 17.3 Å². The fourth-order valence-corrected chi connectivity index (χ4v) is 5.34. The molecule has 7 rings (SSSR count). The molecule has 1 aromatic heterocycles. The maximum Gasteiger partial charge on any atom is 0.306 e. The molecule has 1 spiro atoms. The fraction of sp³-hybridized carbons (Fsp3) is 0.143. The Hall–Kier alpha value is -4.32. The van der Waals surface area contributed by atoms with Crippen molar-refractivity contribution in [3.8, 4) is 5.75 Å². The van der Waals surface area contributed by atoms with Crippen molar-refractivity contribution < 1.29 is 13.9 Å². The highest BCUT2D eigenvalue weighted by Crippen LogP contribution is 2.55. The third-order valence-corrected chi connectivity index (χ3v) is 6.85. The number of carbonyl (C=O) groups excluding carboxylic acids is 1. The highest BCUT2D eigenvalue weighted by molar-refractivity contribution is 6.08. The minimum atomic E-state index is -1.38. The number of fused-ring (bicyclic) bond motifs is 6. The van der Waals surface area contributed by atoms with Crippen LogP contribution in [0, 0.1) is 0 Å². The Labute approximate surface area is 196 Å². The summed E-state index contributed by atoms with van der Waals surface area (Å²) in [5.41, 5.74) is 3.15. The summed E-state index contributed by atoms with van der Waals surface area (Å²) in [6.45, 7) is 0.455. The molecule has 0 radical (unpaired) electrons. The van der Waals surface area contributed by atoms with Crippen LogP contribution in [0.5, 0.6) is 5.75 Å². The lowest BCUT2D eigenvalue weighted by molar-refractivity contribution is -0.164. The molecule has 4 heterocycles. The highest BCUT2D eigenvalue weighted by atomic mass is 16.5. The number of rotatable bonds is 3. The summed E-state index contributed by atoms with van der Waals surface area (Å²) in [4.78, 5) is 16.2. The summed E-state index contributed by atoms with van der Waals surface area (Å²) < 4.78 is 12.3. The van der Waals surface area contributed by atoms with E-state index in [2.05, 4.69) is 0 Å². The van der Waals surface area contributed by atoms with E-state index in [1.165, 1.54) is 0 Å². The lowest BCUT2D eigenvalue weighted by Gasteiger charge is -2.44. The number of hydrogen-bond donors (Lipinski definition) is 0. The molecule has 2 atom stereocenters. The first kappa shape index (κ1) is 19.2. The van der Waals surface area contributed by atoms with Crippen LogP contribution < -0.4 is 9.64 Å². The van der Waals surface area contributed by atoms with Gasteiger partial charge in [-0.3, -0.25) is 4.79 Å². The Kier molecular flexibility index (Phi) is 4.00. The van der Waals surface area contributed by atoms with E-state index in [1.807, 2.05) is 101 Å². The first-order valence-corrected chi connectivity index (χ1v) is 11.4. The highest BCUT2D eigenvalue weighted by Gasteiger charge is 2.63. The van der Waals surface area contributed by atoms with Crippen molar-refractivity contribution in [2.75, 3.05) is 4.90 Å². The standard InChI is InChI=1S/C28H21N3O3/c32-27-28(21-12-5-6-13-23(21)30(27)18-19-9-2-1-3-10-19)31-24(20-11-4-7-14-25(20)34-28)17-22(29-31)26-15-8-16-33-26/h1-16,24H,17-18H2/t24-,28+/m1/s1. The van der Waals surface area contributed by atoms with Gasteiger partial charge in [-0.2, -0.15) is 5.10 Å². The van der Waals surface area contributed by atoms with Gasteiger partial charge in [-0.1, -0.05) is 66.7 Å². The van der Waals surface area contributed by atoms with Gasteiger partial charge in [0.25, 0.3) is 5.91 Å². The summed E-state index contributed by atoms with van der Waals surface area (Å²) in [6.07, 6.45) is 2.27. The number of ether oxygens (including phenoxy) is 1. The number of anilines is 1. The zero-order valence-electron chi connectivity index (χ0n) is 18.3. The number of carbonyl (C=O) groups is 1. The zero-order valence-corrected chi connectivity index (χ0v) is 18.3. The number of para-hydroxylation sites is 2. The van der Waals surface area contributed by atoms with Gasteiger partial charge >= 0.3 is 5.72 Å². The van der Waals surface area contributed by atoms with Crippen LogP contribution in [0.4, 0.5) is 5.69 Å². The van der Waals surface area contributed by atoms with Crippen molar-refractivity contribution in [2.45, 2.75) is 24.7 Å². The van der Waals surface area contributed by atoms with Gasteiger partial charge in [-0.05, 0) is 29.8 Å². The Bertz CT molecular complexity index is 1430. The van der Waals surface area contributed by atoms with E-state index >= 15 is 0 Å². The van der Waals surface area contributed by atoms with E-state index in [1.54, 1.807) is 6.26 Å². The molecule has 3 aliphatic heterocycles. The summed E-state index contributed by atoms with van der Waals surface area (Å²) in [7, 11) is 0. The molecule has 0 unspecified atom stereocenters. The molecule has 0 saturated carbocycles. The first-order chi connectivity index (χ1) is 16.8. The van der Waals surface area contributed by atoms with E-state index in [0.29, 0.717) is 24.5 Å². The summed E-state index contributed by atoms with van der Waals surface area (Å²) in [5, 5.41) is 6.82. The second kappa shape index (κ2) is 7.09. The monoisotopic (exact) mass is 447 g/mol. The quantitative estimate of drug-likeness (QED) is 0.432. The van der Waals surface area contributed by atoms with Crippen LogP contribution in [0.1, 0.15) is 34.9 Å². The maximum atomic E-state index is 14.4. The Morgan fingerprint density at radius 1 is 0.912 bits per heavy atom. The van der Waals surface area contributed by atoms with Crippen LogP contribution in [0.3, 0.4) is 0 Å². The average Bonchev–Trinajstić information content (AvgIpc) is 3.61. The number of amides is 1. The Morgan fingerprint density at radius 3 is 2.56 bits per heavy atom. The van der Waals surface area contributed by atoms with Crippen molar-refractivity contribution in [1.29, 1.82) is 0 Å². The molecule has 0 N–H and O–H groups in total. The predicted octanol–water partition coefficient (Wildman–Crippen LogP) is 5.22. The van der Waals surface area contributed by atoms with Gasteiger partial charge in [0.15, 0.2) is 0 Å². The molecule has 6 heteroatoms. The molecule has 0 aliphatic carbocycles. The number of hydrazone groups is 1. The van der Waals surface area contributed by atoms with Crippen molar-refractivity contribution in [3.05, 3.63) is 120 Å². The minimum Gasteiger partial charge on any atom is -0.463 e. The normalized spacial score (nSPS) is 22.3. The second-order valence-electron chi connectivity index (χ2n) is 8.77. The summed E-state index contributed by atoms with van der Waals surface area (Å²) in [5.74, 6) is 1.28. The number of nitrogens with zero attached hydrogens (tertiary/aromatic N) is 3. The summed E-state index contributed by atoms with van der Waals surface area (Å²) >= 11 is 0. The third-order valence-electron chi connectivity index (χ3n) is 6.85. The topological polar surface area (TPSA) is 58.3 Å². The Morgan fingerprint density at radius 2 is 1.71 bits per heavy atom. The smallest absolute Gasteiger partial charge is 0.306 e. The largest absolute Gasteiger partial charge is 0.463 e. The van der Waals surface area contributed by atoms with Crippen LogP contribution >= 0.6 is 0 Å². The lowest BCUT2D eigenvalue weighted by atomic mass is 9.93. The average molecular weight is 447 g/mol. The van der Waals surface area contributed by atoms with E-state index in [9.17, 15) is 4.79 Å². The van der Waals surface area contributed by atoms with Crippen LogP contribution in [0.15, 0.2) is 107 Å². The van der Waals surface area contributed by atoms with Gasteiger partial charge in [0.05, 0.1) is 30.1 Å². The van der Waals surface area contributed by atoms with E-state index in [4.69, 9.17) is 14.3 Å². The molecule has 6 nitrogen and oxygen atoms in total. The molecule has 34 heavy (non-hydrogen) atoms. The molecule has 166 valence electrons. The molecule has 0 fully saturated rings. The second-order valence-corrected chi connectivity index (χ2v) is 8.77. The van der Waals surface area contributed by atoms with E-state index in [-0.39, 0.29) is 11.9 Å². The van der Waals surface area contributed by atoms with Crippen LogP contribution in [0.2, 0.25) is 0 Å². The van der Waals surface area contributed by atoms with Crippen molar-refractivity contribution in [2.24, 2.45) is 5.10 Å². The van der Waals surface area contributed by atoms with Crippen molar-refractivity contribution in [1.82, 2.24) is 5.01 Å². The number of hydrogen-bond acceptors (Lipinski definition) is 5. The summed E-state index contributed by atoms with van der Waals surface area (Å²) in [6, 6.07) is 29.4. The van der Waals surface area contributed by atoms with E-state index in [0.717, 1.165) is 28.1 Å². The van der Waals surface area contributed by atoms with Gasteiger partial charge in [0, 0.05) is 12.0 Å². The molecule has 1 amide bonds. The van der Waals surface area contributed by atoms with Crippen LogP contribution in [-0.4, -0.2) is 16.6 Å². The first-order valence-electron chi connectivity index (χ1n) is 11.4. The molecule has 3 aromatic carbocycles. The third kappa shape index (κ3) is 2.56. The number of furan rings is 1. The van der Waals surface area contributed by atoms with Crippen LogP contribution in [-0.2, 0) is 17.1 Å². The maximum absolute atomic E-state index is 14.4. The van der Waals surface area contributed by atoms with Crippen molar-refractivity contribution in [3.63, 3.8) is 0 Å². The van der Waals surface area contributed by atoms with Gasteiger partial charge in [0.2, 0.25) is 0 Å². The number of benzene rings is 3. The van der Waals surface area contributed by atoms with E-state index < -0.39 is 5.72 Å². The SMILES string of the molecule is O=C1N(Cc2ccccc2)c2ccccc2[C@]12Oc1ccccc1[C@H]1CC(c3ccco3)=NN12. The fourth-order valence-electron chi connectivity index (χ4n) is 5.34. The van der Waals surface area contributed by atoms with Gasteiger partial charge in [-0.15, -0.1) is 0 Å². The van der Waals surface area contributed by atoms with Gasteiger partial charge in [-0.25, -0.2) is 5.01 Å². The lowest BCUT2D eigenvalue weighted by Crippen LogP contribution is -2.57. The van der Waals surface area contributed by atoms with Crippen LogP contribution in [0.25, 0.3) is 0 Å². The van der Waals surface area contributed by atoms with Gasteiger partial charge in [0.1, 0.15) is 17.2 Å². The molecular formula is C28H21N3O3. The molecule has 0 saturated heterocycles. The Balaban J connectivity index is 1.42. The minimum absolute atomic E-state index is 0.137. The van der Waals surface area contributed by atoms with Gasteiger partial charge < -0.3 is 14.1 Å². The molecule has 0 bridgehead atoms. The predicted molar refractivity (Wildman–Crippen MR) is 127 cm³/mol. The zero-order chi connectivity index (χ0) is 22.7. The molecule has 4 aromatic rings.